The van der Waals surface area contributed by atoms with Crippen LogP contribution in [0.15, 0.2) is 33.9 Å². The molecule has 0 fully saturated rings. The molecule has 0 aliphatic heterocycles. The van der Waals surface area contributed by atoms with Gasteiger partial charge in [-0.05, 0) is 31.9 Å². The molecule has 1 unspecified atom stereocenters. The lowest BCUT2D eigenvalue weighted by atomic mass is 10.2. The largest absolute Gasteiger partial charge is 0.464 e. The van der Waals surface area contributed by atoms with Crippen molar-refractivity contribution in [2.75, 3.05) is 7.05 Å². The van der Waals surface area contributed by atoms with Crippen molar-refractivity contribution in [3.05, 3.63) is 41.9 Å². The molecular formula is C17H27N5O. The van der Waals surface area contributed by atoms with E-state index in [-0.39, 0.29) is 6.04 Å². The molecule has 2 aromatic heterocycles. The standard InChI is InChI=1S/C17H27N5O/c1-12(2)11-22-9-8-19-16(22)10-20-17(18-5)21-14(4)15-7-6-13(3)23-15/h6-9,12,14H,10-11H2,1-5H3,(H2,18,20,21). The Bertz CT molecular complexity index is 641. The van der Waals surface area contributed by atoms with Gasteiger partial charge in [0.1, 0.15) is 17.3 Å². The Labute approximate surface area is 138 Å². The molecule has 0 saturated heterocycles. The number of hydrogen-bond donors (Lipinski definition) is 2. The summed E-state index contributed by atoms with van der Waals surface area (Å²) in [4.78, 5) is 8.68. The minimum atomic E-state index is 0.0466. The van der Waals surface area contributed by atoms with Crippen LogP contribution >= 0.6 is 0 Å². The number of furan rings is 1. The second-order valence-electron chi connectivity index (χ2n) is 6.13. The van der Waals surface area contributed by atoms with Crippen LogP contribution in [0.2, 0.25) is 0 Å². The molecule has 1 atom stereocenters. The molecule has 0 bridgehead atoms. The molecule has 0 saturated carbocycles. The third-order valence-corrected chi connectivity index (χ3v) is 3.54. The van der Waals surface area contributed by atoms with E-state index in [9.17, 15) is 0 Å². The predicted octanol–water partition coefficient (Wildman–Crippen LogP) is 2.87. The molecule has 0 spiro atoms. The molecule has 0 radical (unpaired) electrons. The maximum Gasteiger partial charge on any atom is 0.191 e. The average molecular weight is 317 g/mol. The van der Waals surface area contributed by atoms with Gasteiger partial charge in [0.2, 0.25) is 0 Å². The molecule has 0 aliphatic carbocycles. The molecule has 0 aromatic carbocycles. The van der Waals surface area contributed by atoms with E-state index in [1.165, 1.54) is 0 Å². The van der Waals surface area contributed by atoms with Crippen LogP contribution in [0.5, 0.6) is 0 Å². The maximum atomic E-state index is 5.64. The summed E-state index contributed by atoms with van der Waals surface area (Å²) in [7, 11) is 1.76. The molecule has 2 rings (SSSR count). The van der Waals surface area contributed by atoms with E-state index in [2.05, 4.69) is 39.0 Å². The van der Waals surface area contributed by atoms with Crippen molar-refractivity contribution in [2.45, 2.75) is 46.8 Å². The van der Waals surface area contributed by atoms with Gasteiger partial charge in [0.25, 0.3) is 0 Å². The van der Waals surface area contributed by atoms with Gasteiger partial charge in [-0.25, -0.2) is 4.98 Å². The summed E-state index contributed by atoms with van der Waals surface area (Å²) in [5.41, 5.74) is 0. The fourth-order valence-corrected chi connectivity index (χ4v) is 2.39. The molecule has 0 aliphatic rings. The van der Waals surface area contributed by atoms with Gasteiger partial charge in [0, 0.05) is 26.0 Å². The van der Waals surface area contributed by atoms with E-state index >= 15 is 0 Å². The van der Waals surface area contributed by atoms with Gasteiger partial charge in [0.05, 0.1) is 12.6 Å². The first-order valence-electron chi connectivity index (χ1n) is 8.03. The van der Waals surface area contributed by atoms with E-state index in [1.54, 1.807) is 7.05 Å². The zero-order valence-electron chi connectivity index (χ0n) is 14.6. The maximum absolute atomic E-state index is 5.64. The number of aromatic nitrogens is 2. The van der Waals surface area contributed by atoms with Gasteiger partial charge in [-0.3, -0.25) is 4.99 Å². The van der Waals surface area contributed by atoms with Crippen molar-refractivity contribution in [3.8, 4) is 0 Å². The fourth-order valence-electron chi connectivity index (χ4n) is 2.39. The van der Waals surface area contributed by atoms with Gasteiger partial charge in [-0.15, -0.1) is 0 Å². The quantitative estimate of drug-likeness (QED) is 0.635. The van der Waals surface area contributed by atoms with Crippen molar-refractivity contribution < 1.29 is 4.42 Å². The van der Waals surface area contributed by atoms with Crippen LogP contribution in [0.25, 0.3) is 0 Å². The Hall–Kier alpha value is -2.24. The van der Waals surface area contributed by atoms with Crippen LogP contribution in [0.4, 0.5) is 0 Å². The second kappa shape index (κ2) is 7.85. The van der Waals surface area contributed by atoms with Crippen LogP contribution in [-0.2, 0) is 13.1 Å². The Kier molecular flexibility index (Phi) is 5.84. The first kappa shape index (κ1) is 17.1. The zero-order chi connectivity index (χ0) is 16.8. The van der Waals surface area contributed by atoms with Gasteiger partial charge >= 0.3 is 0 Å². The van der Waals surface area contributed by atoms with E-state index in [4.69, 9.17) is 4.42 Å². The smallest absolute Gasteiger partial charge is 0.191 e. The number of guanidine groups is 1. The molecule has 6 nitrogen and oxygen atoms in total. The lowest BCUT2D eigenvalue weighted by molar-refractivity contribution is 0.441. The Balaban J connectivity index is 1.92. The third-order valence-electron chi connectivity index (χ3n) is 3.54. The van der Waals surface area contributed by atoms with Gasteiger partial charge in [-0.1, -0.05) is 13.8 Å². The van der Waals surface area contributed by atoms with E-state index in [0.29, 0.717) is 12.5 Å². The summed E-state index contributed by atoms with van der Waals surface area (Å²) in [6.45, 7) is 9.98. The summed E-state index contributed by atoms with van der Waals surface area (Å²) in [6.07, 6.45) is 3.85. The minimum absolute atomic E-state index is 0.0466. The number of rotatable bonds is 6. The molecule has 2 aromatic rings. The molecule has 0 amide bonds. The van der Waals surface area contributed by atoms with Crippen LogP contribution in [0.3, 0.4) is 0 Å². The van der Waals surface area contributed by atoms with Crippen LogP contribution in [0, 0.1) is 12.8 Å². The number of imidazole rings is 1. The van der Waals surface area contributed by atoms with Crippen molar-refractivity contribution in [1.82, 2.24) is 20.2 Å². The summed E-state index contributed by atoms with van der Waals surface area (Å²) in [5, 5.41) is 6.63. The van der Waals surface area contributed by atoms with Crippen molar-refractivity contribution in [1.29, 1.82) is 0 Å². The van der Waals surface area contributed by atoms with Crippen molar-refractivity contribution in [3.63, 3.8) is 0 Å². The van der Waals surface area contributed by atoms with Gasteiger partial charge < -0.3 is 19.6 Å². The zero-order valence-corrected chi connectivity index (χ0v) is 14.6. The number of nitrogens with one attached hydrogen (secondary N) is 2. The highest BCUT2D eigenvalue weighted by molar-refractivity contribution is 5.79. The van der Waals surface area contributed by atoms with Gasteiger partial charge in [0.15, 0.2) is 5.96 Å². The highest BCUT2D eigenvalue weighted by Crippen LogP contribution is 2.15. The monoisotopic (exact) mass is 317 g/mol. The first-order chi connectivity index (χ1) is 11.0. The van der Waals surface area contributed by atoms with Gasteiger partial charge in [-0.2, -0.15) is 0 Å². The first-order valence-corrected chi connectivity index (χ1v) is 8.03. The molecule has 6 heteroatoms. The Morgan fingerprint density at radius 1 is 1.35 bits per heavy atom. The summed E-state index contributed by atoms with van der Waals surface area (Å²) < 4.78 is 7.81. The molecular weight excluding hydrogens is 290 g/mol. The molecule has 2 N–H and O–H groups in total. The lowest BCUT2D eigenvalue weighted by Crippen LogP contribution is -2.38. The summed E-state index contributed by atoms with van der Waals surface area (Å²) in [5.74, 6) is 4.12. The highest BCUT2D eigenvalue weighted by atomic mass is 16.3. The summed E-state index contributed by atoms with van der Waals surface area (Å²) in [6, 6.07) is 3.99. The highest BCUT2D eigenvalue weighted by Gasteiger charge is 2.12. The van der Waals surface area contributed by atoms with Crippen molar-refractivity contribution in [2.24, 2.45) is 10.9 Å². The number of nitrogens with zero attached hydrogens (tertiary/aromatic N) is 3. The normalized spacial score (nSPS) is 13.4. The Morgan fingerprint density at radius 3 is 2.74 bits per heavy atom. The average Bonchev–Trinajstić information content (AvgIpc) is 3.12. The molecule has 126 valence electrons. The third kappa shape index (κ3) is 4.87. The van der Waals surface area contributed by atoms with Crippen molar-refractivity contribution >= 4 is 5.96 Å². The Morgan fingerprint density at radius 2 is 2.13 bits per heavy atom. The van der Waals surface area contributed by atoms with E-state index < -0.39 is 0 Å². The molecule has 2 heterocycles. The van der Waals surface area contributed by atoms with E-state index in [0.717, 1.165) is 29.8 Å². The van der Waals surface area contributed by atoms with E-state index in [1.807, 2.05) is 38.4 Å². The van der Waals surface area contributed by atoms with Crippen LogP contribution in [-0.4, -0.2) is 22.6 Å². The van der Waals surface area contributed by atoms with Crippen LogP contribution < -0.4 is 10.6 Å². The topological polar surface area (TPSA) is 67.4 Å². The predicted molar refractivity (Wildman–Crippen MR) is 92.3 cm³/mol. The number of aliphatic imine (C=N–C) groups is 1. The van der Waals surface area contributed by atoms with Crippen LogP contribution in [0.1, 0.15) is 44.2 Å². The SMILES string of the molecule is CN=C(NCc1nccn1CC(C)C)NC(C)c1ccc(C)o1. The summed E-state index contributed by atoms with van der Waals surface area (Å²) >= 11 is 0. The number of hydrogen-bond acceptors (Lipinski definition) is 3. The lowest BCUT2D eigenvalue weighted by Gasteiger charge is -2.17. The fraction of sp³-hybridized carbons (Fsp3) is 0.529. The number of aryl methyl sites for hydroxylation is 1. The minimum Gasteiger partial charge on any atom is -0.464 e. The second-order valence-corrected chi connectivity index (χ2v) is 6.13. The molecule has 23 heavy (non-hydrogen) atoms.